The maximum atomic E-state index is 4.90. The first-order valence-corrected chi connectivity index (χ1v) is 8.45. The predicted molar refractivity (Wildman–Crippen MR) is 105 cm³/mol. The molecule has 0 amide bonds. The van der Waals surface area contributed by atoms with E-state index in [2.05, 4.69) is 67.6 Å². The number of nitrogens with zero attached hydrogens (tertiary/aromatic N) is 2. The van der Waals surface area contributed by atoms with Crippen molar-refractivity contribution in [2.24, 2.45) is 0 Å². The van der Waals surface area contributed by atoms with Gasteiger partial charge in [0.15, 0.2) is 0 Å². The van der Waals surface area contributed by atoms with Crippen LogP contribution in [0.15, 0.2) is 78.9 Å². The summed E-state index contributed by atoms with van der Waals surface area (Å²) in [4.78, 5) is 9.69. The van der Waals surface area contributed by atoms with Crippen LogP contribution in [0.3, 0.4) is 0 Å². The Balaban J connectivity index is 1.77. The number of pyridine rings is 2. The van der Waals surface area contributed by atoms with Gasteiger partial charge in [-0.3, -0.25) is 0 Å². The molecule has 0 fully saturated rings. The third-order valence-electron chi connectivity index (χ3n) is 4.76. The Labute approximate surface area is 145 Å². The van der Waals surface area contributed by atoms with Crippen LogP contribution in [0.5, 0.6) is 0 Å². The first kappa shape index (κ1) is 14.1. The molecule has 25 heavy (non-hydrogen) atoms. The molecule has 0 aliphatic heterocycles. The number of aryl methyl sites for hydroxylation is 1. The van der Waals surface area contributed by atoms with Crippen molar-refractivity contribution in [3.8, 4) is 11.4 Å². The number of rotatable bonds is 1. The molecule has 5 aromatic rings. The minimum absolute atomic E-state index is 0.914. The topological polar surface area (TPSA) is 25.8 Å². The van der Waals surface area contributed by atoms with E-state index in [1.807, 2.05) is 18.2 Å². The van der Waals surface area contributed by atoms with E-state index in [1.165, 1.54) is 21.7 Å². The second-order valence-corrected chi connectivity index (χ2v) is 6.39. The summed E-state index contributed by atoms with van der Waals surface area (Å²) in [5, 5.41) is 4.87. The molecular formula is C23H16N2. The lowest BCUT2D eigenvalue weighted by atomic mass is 10.0. The lowest BCUT2D eigenvalue weighted by Gasteiger charge is -2.10. The smallest absolute Gasteiger partial charge is 0.0896 e. The van der Waals surface area contributed by atoms with Crippen molar-refractivity contribution < 1.29 is 0 Å². The van der Waals surface area contributed by atoms with Crippen LogP contribution in [0.25, 0.3) is 44.0 Å². The van der Waals surface area contributed by atoms with Crippen molar-refractivity contribution in [1.29, 1.82) is 0 Å². The van der Waals surface area contributed by atoms with Gasteiger partial charge in [0.05, 0.1) is 22.4 Å². The third kappa shape index (κ3) is 2.26. The van der Waals surface area contributed by atoms with Crippen molar-refractivity contribution in [1.82, 2.24) is 9.97 Å². The summed E-state index contributed by atoms with van der Waals surface area (Å²) >= 11 is 0. The predicted octanol–water partition coefficient (Wildman–Crippen LogP) is 5.91. The highest BCUT2D eigenvalue weighted by Gasteiger charge is 2.09. The molecule has 0 unspecified atom stereocenters. The lowest BCUT2D eigenvalue weighted by Crippen LogP contribution is -1.92. The molecule has 0 bridgehead atoms. The van der Waals surface area contributed by atoms with E-state index >= 15 is 0 Å². The van der Waals surface area contributed by atoms with Crippen LogP contribution in [0, 0.1) is 6.92 Å². The monoisotopic (exact) mass is 320 g/mol. The average molecular weight is 320 g/mol. The molecular weight excluding hydrogens is 304 g/mol. The van der Waals surface area contributed by atoms with Gasteiger partial charge in [-0.25, -0.2) is 9.97 Å². The van der Waals surface area contributed by atoms with Gasteiger partial charge in [-0.05, 0) is 47.5 Å². The van der Waals surface area contributed by atoms with E-state index in [0.29, 0.717) is 0 Å². The molecule has 0 radical (unpaired) electrons. The molecule has 2 heteroatoms. The molecule has 2 nitrogen and oxygen atoms in total. The van der Waals surface area contributed by atoms with Crippen LogP contribution in [0.2, 0.25) is 0 Å². The number of fused-ring (bicyclic) bond motifs is 4. The van der Waals surface area contributed by atoms with Gasteiger partial charge >= 0.3 is 0 Å². The Morgan fingerprint density at radius 2 is 1.32 bits per heavy atom. The molecule has 2 heterocycles. The molecule has 0 N–H and O–H groups in total. The second kappa shape index (κ2) is 5.38. The molecule has 0 saturated heterocycles. The van der Waals surface area contributed by atoms with Gasteiger partial charge in [0.2, 0.25) is 0 Å². The third-order valence-corrected chi connectivity index (χ3v) is 4.76. The largest absolute Gasteiger partial charge is 0.246 e. The second-order valence-electron chi connectivity index (χ2n) is 6.39. The van der Waals surface area contributed by atoms with Crippen LogP contribution in [0.4, 0.5) is 0 Å². The average Bonchev–Trinajstić information content (AvgIpc) is 2.67. The first-order chi connectivity index (χ1) is 12.3. The molecule has 3 aromatic carbocycles. The van der Waals surface area contributed by atoms with Gasteiger partial charge in [-0.2, -0.15) is 0 Å². The number of para-hydroxylation sites is 1. The Morgan fingerprint density at radius 1 is 0.600 bits per heavy atom. The summed E-state index contributed by atoms with van der Waals surface area (Å²) in [7, 11) is 0. The van der Waals surface area contributed by atoms with Gasteiger partial charge in [-0.1, -0.05) is 54.6 Å². The van der Waals surface area contributed by atoms with Gasteiger partial charge < -0.3 is 0 Å². The van der Waals surface area contributed by atoms with E-state index in [0.717, 1.165) is 27.8 Å². The summed E-state index contributed by atoms with van der Waals surface area (Å²) in [6.45, 7) is 2.15. The molecule has 0 aliphatic carbocycles. The summed E-state index contributed by atoms with van der Waals surface area (Å²) in [5.41, 5.74) is 5.08. The lowest BCUT2D eigenvalue weighted by molar-refractivity contribution is 1.30. The van der Waals surface area contributed by atoms with E-state index in [-0.39, 0.29) is 0 Å². The number of hydrogen-bond acceptors (Lipinski definition) is 2. The van der Waals surface area contributed by atoms with Crippen LogP contribution in [-0.4, -0.2) is 9.97 Å². The fourth-order valence-electron chi connectivity index (χ4n) is 3.55. The van der Waals surface area contributed by atoms with Crippen LogP contribution < -0.4 is 0 Å². The number of benzene rings is 3. The van der Waals surface area contributed by atoms with Crippen molar-refractivity contribution in [2.45, 2.75) is 6.92 Å². The molecule has 5 rings (SSSR count). The zero-order chi connectivity index (χ0) is 16.8. The summed E-state index contributed by atoms with van der Waals surface area (Å²) < 4.78 is 0. The van der Waals surface area contributed by atoms with E-state index in [4.69, 9.17) is 9.97 Å². The zero-order valence-corrected chi connectivity index (χ0v) is 13.9. The normalized spacial score (nSPS) is 11.4. The van der Waals surface area contributed by atoms with E-state index in [1.54, 1.807) is 0 Å². The SMILES string of the molecule is Cc1cc(-c2ccc3ccccc3n2)nc2ccc3ccccc3c12. The number of hydrogen-bond donors (Lipinski definition) is 0. The fourth-order valence-corrected chi connectivity index (χ4v) is 3.55. The highest BCUT2D eigenvalue weighted by atomic mass is 14.8. The van der Waals surface area contributed by atoms with Gasteiger partial charge in [-0.15, -0.1) is 0 Å². The van der Waals surface area contributed by atoms with Crippen molar-refractivity contribution in [3.63, 3.8) is 0 Å². The molecule has 0 spiro atoms. The quantitative estimate of drug-likeness (QED) is 0.359. The van der Waals surface area contributed by atoms with Gasteiger partial charge in [0, 0.05) is 10.8 Å². The molecule has 0 saturated carbocycles. The minimum atomic E-state index is 0.914. The standard InChI is InChI=1S/C23H16N2/c1-15-14-22(20-12-11-17-7-3-5-9-19(17)24-20)25-21-13-10-16-6-2-4-8-18(16)23(15)21/h2-14H,1H3. The van der Waals surface area contributed by atoms with Gasteiger partial charge in [0.1, 0.15) is 0 Å². The van der Waals surface area contributed by atoms with E-state index < -0.39 is 0 Å². The Hall–Kier alpha value is -3.26. The van der Waals surface area contributed by atoms with Crippen LogP contribution in [-0.2, 0) is 0 Å². The van der Waals surface area contributed by atoms with Crippen molar-refractivity contribution >= 4 is 32.6 Å². The number of aromatic nitrogens is 2. The summed E-state index contributed by atoms with van der Waals surface area (Å²) in [5.74, 6) is 0. The molecule has 0 aliphatic rings. The van der Waals surface area contributed by atoms with Crippen molar-refractivity contribution in [2.75, 3.05) is 0 Å². The minimum Gasteiger partial charge on any atom is -0.246 e. The molecule has 118 valence electrons. The zero-order valence-electron chi connectivity index (χ0n) is 13.9. The fraction of sp³-hybridized carbons (Fsp3) is 0.0435. The van der Waals surface area contributed by atoms with Crippen molar-refractivity contribution in [3.05, 3.63) is 84.4 Å². The highest BCUT2D eigenvalue weighted by molar-refractivity contribution is 6.08. The maximum Gasteiger partial charge on any atom is 0.0896 e. The summed E-state index contributed by atoms with van der Waals surface area (Å²) in [6, 6.07) is 27.2. The van der Waals surface area contributed by atoms with Gasteiger partial charge in [0.25, 0.3) is 0 Å². The van der Waals surface area contributed by atoms with Crippen LogP contribution >= 0.6 is 0 Å². The highest BCUT2D eigenvalue weighted by Crippen LogP contribution is 2.30. The Kier molecular flexibility index (Phi) is 3.04. The van der Waals surface area contributed by atoms with Crippen LogP contribution in [0.1, 0.15) is 5.56 Å². The Bertz CT molecular complexity index is 1260. The Morgan fingerprint density at radius 3 is 2.24 bits per heavy atom. The molecule has 0 atom stereocenters. The maximum absolute atomic E-state index is 4.90. The van der Waals surface area contributed by atoms with E-state index in [9.17, 15) is 0 Å². The molecule has 2 aromatic heterocycles. The summed E-state index contributed by atoms with van der Waals surface area (Å²) in [6.07, 6.45) is 0. The first-order valence-electron chi connectivity index (χ1n) is 8.45.